The predicted molar refractivity (Wildman–Crippen MR) is 87.3 cm³/mol. The van der Waals surface area contributed by atoms with Crippen LogP contribution in [0.15, 0.2) is 42.5 Å². The van der Waals surface area contributed by atoms with Gasteiger partial charge in [0, 0.05) is 23.9 Å². The van der Waals surface area contributed by atoms with Crippen LogP contribution < -0.4 is 10.6 Å². The Balaban J connectivity index is 1.96. The lowest BCUT2D eigenvalue weighted by molar-refractivity contribution is -0.385. The Kier molecular flexibility index (Phi) is 5.00. The number of aryl methyl sites for hydroxylation is 1. The van der Waals surface area contributed by atoms with Crippen LogP contribution in [0.3, 0.4) is 0 Å². The van der Waals surface area contributed by atoms with Gasteiger partial charge in [0.25, 0.3) is 5.69 Å². The van der Waals surface area contributed by atoms with Gasteiger partial charge in [-0.1, -0.05) is 18.2 Å². The summed E-state index contributed by atoms with van der Waals surface area (Å²) in [5.74, 6) is -0.295. The van der Waals surface area contributed by atoms with E-state index >= 15 is 0 Å². The van der Waals surface area contributed by atoms with Crippen LogP contribution in [0.4, 0.5) is 15.8 Å². The van der Waals surface area contributed by atoms with Crippen molar-refractivity contribution in [3.63, 3.8) is 0 Å². The van der Waals surface area contributed by atoms with E-state index in [4.69, 9.17) is 12.2 Å². The highest BCUT2D eigenvalue weighted by Gasteiger charge is 2.11. The van der Waals surface area contributed by atoms with E-state index in [9.17, 15) is 14.5 Å². The third kappa shape index (κ3) is 4.23. The molecule has 0 aliphatic carbocycles. The topological polar surface area (TPSA) is 67.2 Å². The number of rotatable bonds is 4. The number of hydrogen-bond acceptors (Lipinski definition) is 3. The lowest BCUT2D eigenvalue weighted by Gasteiger charge is -2.11. The zero-order chi connectivity index (χ0) is 16.1. The van der Waals surface area contributed by atoms with Gasteiger partial charge in [-0.05, 0) is 42.9 Å². The molecule has 2 aromatic rings. The summed E-state index contributed by atoms with van der Waals surface area (Å²) >= 11 is 5.14. The summed E-state index contributed by atoms with van der Waals surface area (Å²) in [5.41, 5.74) is 2.03. The van der Waals surface area contributed by atoms with Gasteiger partial charge in [0.15, 0.2) is 5.11 Å². The van der Waals surface area contributed by atoms with Gasteiger partial charge in [0.05, 0.1) is 4.92 Å². The number of anilines is 1. The Labute approximate surface area is 132 Å². The quantitative estimate of drug-likeness (QED) is 0.513. The normalized spacial score (nSPS) is 10.1. The van der Waals surface area contributed by atoms with Crippen LogP contribution in [-0.4, -0.2) is 10.0 Å². The zero-order valence-corrected chi connectivity index (χ0v) is 12.6. The minimum Gasteiger partial charge on any atom is -0.358 e. The molecule has 0 unspecified atom stereocenters. The molecule has 0 aliphatic heterocycles. The summed E-state index contributed by atoms with van der Waals surface area (Å²) in [7, 11) is 0. The number of nitrogens with one attached hydrogen (secondary N) is 2. The number of nitrogens with zero attached hydrogens (tertiary/aromatic N) is 1. The molecule has 2 N–H and O–H groups in total. The average molecular weight is 319 g/mol. The number of thiocarbonyl (C=S) groups is 1. The summed E-state index contributed by atoms with van der Waals surface area (Å²) in [5, 5.41) is 17.1. The van der Waals surface area contributed by atoms with Crippen LogP contribution in [0.5, 0.6) is 0 Å². The molecule has 0 heterocycles. The number of benzene rings is 2. The van der Waals surface area contributed by atoms with E-state index in [1.54, 1.807) is 31.2 Å². The standard InChI is InChI=1S/C15H14FN3O2S/c1-10-2-7-13(8-14(10)19(20)21)18-15(22)17-9-11-3-5-12(16)6-4-11/h2-8H,9H2,1H3,(H2,17,18,22). The van der Waals surface area contributed by atoms with Crippen LogP contribution in [-0.2, 0) is 6.54 Å². The number of nitro groups is 1. The van der Waals surface area contributed by atoms with Gasteiger partial charge in [-0.25, -0.2) is 4.39 Å². The molecule has 0 radical (unpaired) electrons. The summed E-state index contributed by atoms with van der Waals surface area (Å²) in [6, 6.07) is 10.9. The second-order valence-electron chi connectivity index (χ2n) is 4.69. The fraction of sp³-hybridized carbons (Fsp3) is 0.133. The number of hydrogen-bond donors (Lipinski definition) is 2. The zero-order valence-electron chi connectivity index (χ0n) is 11.8. The van der Waals surface area contributed by atoms with Crippen LogP contribution in [0, 0.1) is 22.9 Å². The molecule has 0 aliphatic rings. The van der Waals surface area contributed by atoms with Gasteiger partial charge in [-0.3, -0.25) is 10.1 Å². The monoisotopic (exact) mass is 319 g/mol. The van der Waals surface area contributed by atoms with Crippen LogP contribution in [0.2, 0.25) is 0 Å². The molecule has 0 amide bonds. The highest BCUT2D eigenvalue weighted by molar-refractivity contribution is 7.80. The second-order valence-corrected chi connectivity index (χ2v) is 5.10. The molecule has 0 spiro atoms. The second kappa shape index (κ2) is 6.95. The minimum absolute atomic E-state index is 0.0336. The Hall–Kier alpha value is -2.54. The SMILES string of the molecule is Cc1ccc(NC(=S)NCc2ccc(F)cc2)cc1[N+](=O)[O-]. The van der Waals surface area contributed by atoms with Crippen LogP contribution >= 0.6 is 12.2 Å². The van der Waals surface area contributed by atoms with Crippen molar-refractivity contribution < 1.29 is 9.31 Å². The van der Waals surface area contributed by atoms with Gasteiger partial charge < -0.3 is 10.6 Å². The molecule has 0 atom stereocenters. The maximum Gasteiger partial charge on any atom is 0.274 e. The molecule has 2 rings (SSSR count). The molecular formula is C15H14FN3O2S. The first kappa shape index (κ1) is 15.8. The summed E-state index contributed by atoms with van der Waals surface area (Å²) in [4.78, 5) is 10.5. The molecule has 0 saturated heterocycles. The van der Waals surface area contributed by atoms with E-state index < -0.39 is 4.92 Å². The van der Waals surface area contributed by atoms with Gasteiger partial charge in [0.2, 0.25) is 0 Å². The van der Waals surface area contributed by atoms with Crippen molar-refractivity contribution in [3.05, 3.63) is 69.5 Å². The van der Waals surface area contributed by atoms with Crippen molar-refractivity contribution in [2.24, 2.45) is 0 Å². The van der Waals surface area contributed by atoms with Crippen LogP contribution in [0.25, 0.3) is 0 Å². The van der Waals surface area contributed by atoms with Gasteiger partial charge >= 0.3 is 0 Å². The van der Waals surface area contributed by atoms with Gasteiger partial charge in [-0.15, -0.1) is 0 Å². The molecule has 5 nitrogen and oxygen atoms in total. The van der Waals surface area contributed by atoms with Gasteiger partial charge in [0.1, 0.15) is 5.82 Å². The lowest BCUT2D eigenvalue weighted by atomic mass is 10.2. The van der Waals surface area contributed by atoms with Crippen LogP contribution in [0.1, 0.15) is 11.1 Å². The van der Waals surface area contributed by atoms with E-state index in [-0.39, 0.29) is 11.5 Å². The van der Waals surface area contributed by atoms with Gasteiger partial charge in [-0.2, -0.15) is 0 Å². The Morgan fingerprint density at radius 3 is 2.59 bits per heavy atom. The van der Waals surface area contributed by atoms with E-state index in [1.807, 2.05) is 0 Å². The highest BCUT2D eigenvalue weighted by atomic mass is 32.1. The van der Waals surface area contributed by atoms with E-state index in [0.717, 1.165) is 5.56 Å². The van der Waals surface area contributed by atoms with Crippen molar-refractivity contribution in [3.8, 4) is 0 Å². The van der Waals surface area contributed by atoms with E-state index in [0.29, 0.717) is 22.9 Å². The first-order valence-corrected chi connectivity index (χ1v) is 6.91. The molecule has 114 valence electrons. The minimum atomic E-state index is -0.435. The van der Waals surface area contributed by atoms with Crippen molar-refractivity contribution in [2.75, 3.05) is 5.32 Å². The van der Waals surface area contributed by atoms with Crippen molar-refractivity contribution >= 4 is 28.7 Å². The van der Waals surface area contributed by atoms with E-state index in [2.05, 4.69) is 10.6 Å². The van der Waals surface area contributed by atoms with Crippen molar-refractivity contribution in [1.29, 1.82) is 0 Å². The van der Waals surface area contributed by atoms with Crippen molar-refractivity contribution in [1.82, 2.24) is 5.32 Å². The number of nitro benzene ring substituents is 1. The molecule has 0 saturated carbocycles. The molecule has 0 fully saturated rings. The summed E-state index contributed by atoms with van der Waals surface area (Å²) in [6.45, 7) is 2.10. The smallest absolute Gasteiger partial charge is 0.274 e. The Morgan fingerprint density at radius 1 is 1.27 bits per heavy atom. The van der Waals surface area contributed by atoms with E-state index in [1.165, 1.54) is 18.2 Å². The molecule has 2 aromatic carbocycles. The third-order valence-electron chi connectivity index (χ3n) is 3.03. The van der Waals surface area contributed by atoms with Crippen molar-refractivity contribution in [2.45, 2.75) is 13.5 Å². The lowest BCUT2D eigenvalue weighted by Crippen LogP contribution is -2.27. The maximum absolute atomic E-state index is 12.8. The Morgan fingerprint density at radius 2 is 1.95 bits per heavy atom. The highest BCUT2D eigenvalue weighted by Crippen LogP contribution is 2.22. The first-order valence-electron chi connectivity index (χ1n) is 6.50. The molecule has 7 heteroatoms. The Bertz CT molecular complexity index is 704. The number of halogens is 1. The molecule has 0 bridgehead atoms. The largest absolute Gasteiger partial charge is 0.358 e. The molecular weight excluding hydrogens is 305 g/mol. The first-order chi connectivity index (χ1) is 10.5. The fourth-order valence-corrected chi connectivity index (χ4v) is 2.03. The molecule has 0 aromatic heterocycles. The summed E-state index contributed by atoms with van der Waals surface area (Å²) < 4.78 is 12.8. The average Bonchev–Trinajstić information content (AvgIpc) is 2.48. The fourth-order valence-electron chi connectivity index (χ4n) is 1.84. The maximum atomic E-state index is 12.8. The predicted octanol–water partition coefficient (Wildman–Crippen LogP) is 3.53. The summed E-state index contributed by atoms with van der Waals surface area (Å²) in [6.07, 6.45) is 0. The molecule has 22 heavy (non-hydrogen) atoms. The third-order valence-corrected chi connectivity index (χ3v) is 3.28.